The molecule has 1 N–H and O–H groups in total. The van der Waals surface area contributed by atoms with Crippen molar-refractivity contribution >= 4 is 5.82 Å². The zero-order chi connectivity index (χ0) is 12.5. The van der Waals surface area contributed by atoms with E-state index in [1.807, 2.05) is 12.3 Å². The fraction of sp³-hybridized carbons (Fsp3) is 0.400. The van der Waals surface area contributed by atoms with E-state index in [9.17, 15) is 0 Å². The van der Waals surface area contributed by atoms with Gasteiger partial charge >= 0.3 is 0 Å². The number of aromatic nitrogens is 2. The Bertz CT molecular complexity index is 525. The van der Waals surface area contributed by atoms with Gasteiger partial charge in [0.05, 0.1) is 12.2 Å². The normalized spacial score (nSPS) is 18.5. The molecule has 1 aromatic heterocycles. The minimum absolute atomic E-state index is 0.373. The zero-order valence-corrected chi connectivity index (χ0v) is 10.9. The Balaban J connectivity index is 1.92. The highest BCUT2D eigenvalue weighted by atomic mass is 15.4. The predicted molar refractivity (Wildman–Crippen MR) is 74.0 cm³/mol. The largest absolute Gasteiger partial charge is 0.370 e. The zero-order valence-electron chi connectivity index (χ0n) is 10.9. The molecular weight excluding hydrogens is 222 g/mol. The molecule has 0 saturated carbocycles. The summed E-state index contributed by atoms with van der Waals surface area (Å²) < 4.78 is 2.09. The molecule has 0 radical (unpaired) electrons. The van der Waals surface area contributed by atoms with E-state index in [4.69, 9.17) is 0 Å². The lowest BCUT2D eigenvalue weighted by atomic mass is 9.97. The molecule has 0 aliphatic carbocycles. The maximum Gasteiger partial charge on any atom is 0.124 e. The van der Waals surface area contributed by atoms with E-state index in [1.54, 1.807) is 0 Å². The topological polar surface area (TPSA) is 29.9 Å². The van der Waals surface area contributed by atoms with E-state index in [0.717, 1.165) is 18.8 Å². The number of nitrogens with one attached hydrogen (secondary N) is 1. The smallest absolute Gasteiger partial charge is 0.124 e. The summed E-state index contributed by atoms with van der Waals surface area (Å²) in [6.45, 7) is 5.47. The second kappa shape index (κ2) is 4.48. The van der Waals surface area contributed by atoms with E-state index >= 15 is 0 Å². The number of hydrogen-bond acceptors (Lipinski definition) is 2. The van der Waals surface area contributed by atoms with Gasteiger partial charge in [0.2, 0.25) is 0 Å². The molecule has 0 spiro atoms. The molecule has 1 aliphatic rings. The van der Waals surface area contributed by atoms with Crippen LogP contribution in [0.2, 0.25) is 0 Å². The first-order valence-corrected chi connectivity index (χ1v) is 6.63. The van der Waals surface area contributed by atoms with Gasteiger partial charge in [-0.05, 0) is 23.5 Å². The second-order valence-electron chi connectivity index (χ2n) is 5.21. The van der Waals surface area contributed by atoms with E-state index in [-0.39, 0.29) is 0 Å². The van der Waals surface area contributed by atoms with Crippen molar-refractivity contribution in [1.82, 2.24) is 9.78 Å². The van der Waals surface area contributed by atoms with Crippen LogP contribution in [0.25, 0.3) is 0 Å². The van der Waals surface area contributed by atoms with Crippen molar-refractivity contribution in [3.8, 4) is 0 Å². The van der Waals surface area contributed by atoms with Crippen molar-refractivity contribution in [3.63, 3.8) is 0 Å². The molecule has 1 atom stereocenters. The van der Waals surface area contributed by atoms with Crippen molar-refractivity contribution in [3.05, 3.63) is 47.7 Å². The highest BCUT2D eigenvalue weighted by Gasteiger charge is 2.21. The lowest BCUT2D eigenvalue weighted by Gasteiger charge is -2.26. The summed E-state index contributed by atoms with van der Waals surface area (Å²) in [7, 11) is 0. The van der Waals surface area contributed by atoms with Gasteiger partial charge in [-0.1, -0.05) is 38.1 Å². The van der Waals surface area contributed by atoms with Crippen molar-refractivity contribution in [2.45, 2.75) is 32.2 Å². The van der Waals surface area contributed by atoms with Gasteiger partial charge in [-0.2, -0.15) is 5.10 Å². The van der Waals surface area contributed by atoms with Gasteiger partial charge in [-0.3, -0.25) is 0 Å². The number of fused-ring (bicyclic) bond motifs is 1. The minimum atomic E-state index is 0.373. The highest BCUT2D eigenvalue weighted by molar-refractivity contribution is 5.39. The van der Waals surface area contributed by atoms with Gasteiger partial charge < -0.3 is 5.32 Å². The number of nitrogens with zero attached hydrogens (tertiary/aromatic N) is 2. The Morgan fingerprint density at radius 3 is 2.72 bits per heavy atom. The Kier molecular flexibility index (Phi) is 2.82. The summed E-state index contributed by atoms with van der Waals surface area (Å²) in [5, 5.41) is 7.80. The number of rotatable bonds is 2. The number of anilines is 1. The van der Waals surface area contributed by atoms with Crippen LogP contribution >= 0.6 is 0 Å². The van der Waals surface area contributed by atoms with Gasteiger partial charge in [0.1, 0.15) is 5.82 Å². The van der Waals surface area contributed by atoms with Crippen molar-refractivity contribution in [2.75, 3.05) is 11.9 Å². The molecule has 0 fully saturated rings. The average Bonchev–Trinajstić information content (AvgIpc) is 2.87. The van der Waals surface area contributed by atoms with Gasteiger partial charge in [0.15, 0.2) is 0 Å². The van der Waals surface area contributed by atoms with Crippen molar-refractivity contribution < 1.29 is 0 Å². The Hall–Kier alpha value is -1.77. The number of benzene rings is 1. The van der Waals surface area contributed by atoms with E-state index in [0.29, 0.717) is 12.0 Å². The summed E-state index contributed by atoms with van der Waals surface area (Å²) in [6.07, 6.45) is 2.96. The summed E-state index contributed by atoms with van der Waals surface area (Å²) in [4.78, 5) is 0. The van der Waals surface area contributed by atoms with Crippen molar-refractivity contribution in [2.24, 2.45) is 0 Å². The Morgan fingerprint density at radius 2 is 2.00 bits per heavy atom. The van der Waals surface area contributed by atoms with Crippen LogP contribution in [0.5, 0.6) is 0 Å². The fourth-order valence-corrected chi connectivity index (χ4v) is 2.57. The number of hydrogen-bond donors (Lipinski definition) is 1. The molecular formula is C15H19N3. The van der Waals surface area contributed by atoms with Crippen LogP contribution in [0.4, 0.5) is 5.82 Å². The van der Waals surface area contributed by atoms with Crippen molar-refractivity contribution in [1.29, 1.82) is 0 Å². The SMILES string of the molecule is CC(C)c1ccc(C2CCNc3ccnn32)cc1. The molecule has 94 valence electrons. The molecule has 2 aromatic rings. The molecule has 0 bridgehead atoms. The van der Waals surface area contributed by atoms with Crippen LogP contribution in [-0.4, -0.2) is 16.3 Å². The van der Waals surface area contributed by atoms with Crippen LogP contribution in [0.15, 0.2) is 36.5 Å². The second-order valence-corrected chi connectivity index (χ2v) is 5.21. The standard InChI is InChI=1S/C15H19N3/c1-11(2)12-3-5-13(6-4-12)14-7-9-16-15-8-10-17-18(14)15/h3-6,8,10-11,14,16H,7,9H2,1-2H3. The highest BCUT2D eigenvalue weighted by Crippen LogP contribution is 2.29. The van der Waals surface area contributed by atoms with Crippen LogP contribution in [0, 0.1) is 0 Å². The van der Waals surface area contributed by atoms with Gasteiger partial charge in [0, 0.05) is 12.6 Å². The minimum Gasteiger partial charge on any atom is -0.370 e. The van der Waals surface area contributed by atoms with Crippen LogP contribution in [0.3, 0.4) is 0 Å². The third kappa shape index (κ3) is 1.90. The fourth-order valence-electron chi connectivity index (χ4n) is 2.57. The Morgan fingerprint density at radius 1 is 1.22 bits per heavy atom. The first-order valence-electron chi connectivity index (χ1n) is 6.63. The molecule has 1 unspecified atom stereocenters. The van der Waals surface area contributed by atoms with E-state index < -0.39 is 0 Å². The molecule has 2 heterocycles. The molecule has 1 aromatic carbocycles. The van der Waals surface area contributed by atoms with Gasteiger partial charge in [-0.25, -0.2) is 4.68 Å². The average molecular weight is 241 g/mol. The van der Waals surface area contributed by atoms with Crippen LogP contribution in [0.1, 0.15) is 43.4 Å². The molecule has 3 nitrogen and oxygen atoms in total. The lowest BCUT2D eigenvalue weighted by molar-refractivity contribution is 0.482. The first-order chi connectivity index (χ1) is 8.75. The summed E-state index contributed by atoms with van der Waals surface area (Å²) in [6, 6.07) is 11.4. The maximum atomic E-state index is 4.43. The summed E-state index contributed by atoms with van der Waals surface area (Å²) in [5.41, 5.74) is 2.75. The van der Waals surface area contributed by atoms with E-state index in [2.05, 4.69) is 53.2 Å². The van der Waals surface area contributed by atoms with Crippen LogP contribution in [-0.2, 0) is 0 Å². The molecule has 3 heteroatoms. The predicted octanol–water partition coefficient (Wildman–Crippen LogP) is 3.41. The molecule has 3 rings (SSSR count). The molecule has 1 aliphatic heterocycles. The summed E-state index contributed by atoms with van der Waals surface area (Å²) in [5.74, 6) is 1.71. The summed E-state index contributed by atoms with van der Waals surface area (Å²) >= 11 is 0. The molecule has 18 heavy (non-hydrogen) atoms. The third-order valence-corrected chi connectivity index (χ3v) is 3.68. The third-order valence-electron chi connectivity index (χ3n) is 3.68. The monoisotopic (exact) mass is 241 g/mol. The van der Waals surface area contributed by atoms with Gasteiger partial charge in [-0.15, -0.1) is 0 Å². The molecule has 0 amide bonds. The lowest BCUT2D eigenvalue weighted by Crippen LogP contribution is -2.24. The van der Waals surface area contributed by atoms with Gasteiger partial charge in [0.25, 0.3) is 0 Å². The maximum absolute atomic E-state index is 4.43. The molecule has 0 saturated heterocycles. The van der Waals surface area contributed by atoms with Crippen LogP contribution < -0.4 is 5.32 Å². The van der Waals surface area contributed by atoms with E-state index in [1.165, 1.54) is 11.1 Å². The Labute approximate surface area is 108 Å². The quantitative estimate of drug-likeness (QED) is 0.873. The first kappa shape index (κ1) is 11.3.